The van der Waals surface area contributed by atoms with Crippen LogP contribution in [0, 0.1) is 10.1 Å². The SMILES string of the molecule is CNC(=O)c1cc([N+](=O)[O-])ccc1NCCc1cccc2cccnc12. The fourth-order valence-electron chi connectivity index (χ4n) is 2.82. The average molecular weight is 350 g/mol. The Kier molecular flexibility index (Phi) is 5.07. The van der Waals surface area contributed by atoms with Gasteiger partial charge in [0.05, 0.1) is 16.0 Å². The van der Waals surface area contributed by atoms with Crippen LogP contribution in [0.1, 0.15) is 15.9 Å². The van der Waals surface area contributed by atoms with Crippen LogP contribution in [0.25, 0.3) is 10.9 Å². The maximum Gasteiger partial charge on any atom is 0.270 e. The molecular formula is C19H18N4O3. The summed E-state index contributed by atoms with van der Waals surface area (Å²) in [7, 11) is 1.49. The Bertz CT molecular complexity index is 967. The highest BCUT2D eigenvalue weighted by atomic mass is 16.6. The van der Waals surface area contributed by atoms with Crippen LogP contribution in [-0.2, 0) is 6.42 Å². The summed E-state index contributed by atoms with van der Waals surface area (Å²) in [5, 5.41) is 17.7. The lowest BCUT2D eigenvalue weighted by molar-refractivity contribution is -0.384. The van der Waals surface area contributed by atoms with E-state index in [-0.39, 0.29) is 17.2 Å². The van der Waals surface area contributed by atoms with E-state index < -0.39 is 4.92 Å². The van der Waals surface area contributed by atoms with Gasteiger partial charge in [0, 0.05) is 43.0 Å². The van der Waals surface area contributed by atoms with E-state index in [2.05, 4.69) is 15.6 Å². The highest BCUT2D eigenvalue weighted by Gasteiger charge is 2.15. The second-order valence-corrected chi connectivity index (χ2v) is 5.74. The third-order valence-electron chi connectivity index (χ3n) is 4.11. The van der Waals surface area contributed by atoms with Gasteiger partial charge >= 0.3 is 0 Å². The van der Waals surface area contributed by atoms with Crippen LogP contribution in [0.5, 0.6) is 0 Å². The van der Waals surface area contributed by atoms with Crippen molar-refractivity contribution in [3.05, 3.63) is 76.0 Å². The van der Waals surface area contributed by atoms with Crippen molar-refractivity contribution in [1.82, 2.24) is 10.3 Å². The lowest BCUT2D eigenvalue weighted by atomic mass is 10.1. The molecule has 1 aromatic heterocycles. The Morgan fingerprint density at radius 1 is 1.19 bits per heavy atom. The minimum absolute atomic E-state index is 0.118. The van der Waals surface area contributed by atoms with Crippen LogP contribution < -0.4 is 10.6 Å². The predicted octanol–water partition coefficient (Wildman–Crippen LogP) is 3.16. The molecule has 0 bridgehead atoms. The summed E-state index contributed by atoms with van der Waals surface area (Å²) in [4.78, 5) is 26.9. The van der Waals surface area contributed by atoms with Gasteiger partial charge in [-0.25, -0.2) is 0 Å². The van der Waals surface area contributed by atoms with Crippen molar-refractivity contribution >= 4 is 28.2 Å². The molecule has 7 heteroatoms. The average Bonchev–Trinajstić information content (AvgIpc) is 2.67. The smallest absolute Gasteiger partial charge is 0.270 e. The Morgan fingerprint density at radius 2 is 2.00 bits per heavy atom. The number of aromatic nitrogens is 1. The quantitative estimate of drug-likeness (QED) is 0.526. The first-order chi connectivity index (χ1) is 12.6. The standard InChI is InChI=1S/C19H18N4O3/c1-20-19(24)16-12-15(23(25)26)7-8-17(16)21-11-9-14-5-2-4-13-6-3-10-22-18(13)14/h2-8,10,12,21H,9,11H2,1H3,(H,20,24). The number of amides is 1. The zero-order valence-corrected chi connectivity index (χ0v) is 14.2. The second kappa shape index (κ2) is 7.60. The number of hydrogen-bond donors (Lipinski definition) is 2. The van der Waals surface area contributed by atoms with Gasteiger partial charge in [-0.2, -0.15) is 0 Å². The third-order valence-corrected chi connectivity index (χ3v) is 4.11. The minimum Gasteiger partial charge on any atom is -0.384 e. The van der Waals surface area contributed by atoms with E-state index in [0.29, 0.717) is 18.7 Å². The van der Waals surface area contributed by atoms with Crippen LogP contribution in [-0.4, -0.2) is 29.4 Å². The highest BCUT2D eigenvalue weighted by Crippen LogP contribution is 2.23. The first-order valence-corrected chi connectivity index (χ1v) is 8.17. The van der Waals surface area contributed by atoms with Gasteiger partial charge in [-0.15, -0.1) is 0 Å². The lowest BCUT2D eigenvalue weighted by Crippen LogP contribution is -2.20. The molecule has 132 valence electrons. The molecule has 0 spiro atoms. The van der Waals surface area contributed by atoms with Gasteiger partial charge in [0.25, 0.3) is 11.6 Å². The molecule has 0 aliphatic rings. The van der Waals surface area contributed by atoms with E-state index in [1.165, 1.54) is 19.2 Å². The summed E-state index contributed by atoms with van der Waals surface area (Å²) in [6, 6.07) is 14.2. The number of fused-ring (bicyclic) bond motifs is 1. The van der Waals surface area contributed by atoms with E-state index in [9.17, 15) is 14.9 Å². The number of nitro groups is 1. The van der Waals surface area contributed by atoms with Crippen molar-refractivity contribution < 1.29 is 9.72 Å². The number of hydrogen-bond acceptors (Lipinski definition) is 5. The van der Waals surface area contributed by atoms with E-state index in [4.69, 9.17) is 0 Å². The van der Waals surface area contributed by atoms with E-state index in [1.54, 1.807) is 12.3 Å². The number of nitrogens with one attached hydrogen (secondary N) is 2. The Hall–Kier alpha value is -3.48. The summed E-state index contributed by atoms with van der Waals surface area (Å²) in [6.07, 6.45) is 2.47. The molecule has 0 aliphatic carbocycles. The summed E-state index contributed by atoms with van der Waals surface area (Å²) >= 11 is 0. The van der Waals surface area contributed by atoms with E-state index >= 15 is 0 Å². The number of nitrogens with zero attached hydrogens (tertiary/aromatic N) is 2. The van der Waals surface area contributed by atoms with Gasteiger partial charge in [-0.3, -0.25) is 19.9 Å². The monoisotopic (exact) mass is 350 g/mol. The van der Waals surface area contributed by atoms with E-state index in [1.807, 2.05) is 30.3 Å². The molecular weight excluding hydrogens is 332 g/mol. The fourth-order valence-corrected chi connectivity index (χ4v) is 2.82. The third kappa shape index (κ3) is 3.61. The number of non-ortho nitro benzene ring substituents is 1. The zero-order chi connectivity index (χ0) is 18.5. The molecule has 7 nitrogen and oxygen atoms in total. The Morgan fingerprint density at radius 3 is 2.77 bits per heavy atom. The number of rotatable bonds is 6. The number of pyridine rings is 1. The molecule has 0 unspecified atom stereocenters. The molecule has 1 amide bonds. The molecule has 0 atom stereocenters. The second-order valence-electron chi connectivity index (χ2n) is 5.74. The largest absolute Gasteiger partial charge is 0.384 e. The number of anilines is 1. The Labute approximate surface area is 150 Å². The van der Waals surface area contributed by atoms with Crippen molar-refractivity contribution in [2.24, 2.45) is 0 Å². The Balaban J connectivity index is 1.79. The van der Waals surface area contributed by atoms with Crippen LogP contribution in [0.2, 0.25) is 0 Å². The molecule has 3 rings (SSSR count). The molecule has 0 fully saturated rings. The van der Waals surface area contributed by atoms with Gasteiger partial charge in [-0.1, -0.05) is 24.3 Å². The van der Waals surface area contributed by atoms with Crippen LogP contribution >= 0.6 is 0 Å². The number of carbonyl (C=O) groups excluding carboxylic acids is 1. The van der Waals surface area contributed by atoms with Gasteiger partial charge in [0.2, 0.25) is 0 Å². The molecule has 0 saturated heterocycles. The van der Waals surface area contributed by atoms with E-state index in [0.717, 1.165) is 16.5 Å². The van der Waals surface area contributed by atoms with Crippen molar-refractivity contribution in [3.8, 4) is 0 Å². The van der Waals surface area contributed by atoms with Gasteiger partial charge < -0.3 is 10.6 Å². The number of para-hydroxylation sites is 1. The van der Waals surface area contributed by atoms with Gasteiger partial charge in [-0.05, 0) is 24.1 Å². The van der Waals surface area contributed by atoms with Crippen LogP contribution in [0.3, 0.4) is 0 Å². The maximum absolute atomic E-state index is 12.0. The molecule has 3 aromatic rings. The first-order valence-electron chi connectivity index (χ1n) is 8.17. The molecule has 2 N–H and O–H groups in total. The van der Waals surface area contributed by atoms with Crippen molar-refractivity contribution in [3.63, 3.8) is 0 Å². The number of nitro benzene ring substituents is 1. The molecule has 0 radical (unpaired) electrons. The fraction of sp³-hybridized carbons (Fsp3) is 0.158. The topological polar surface area (TPSA) is 97.2 Å². The lowest BCUT2D eigenvalue weighted by Gasteiger charge is -2.12. The summed E-state index contributed by atoms with van der Waals surface area (Å²) in [6.45, 7) is 0.567. The molecule has 1 heterocycles. The van der Waals surface area contributed by atoms with Crippen molar-refractivity contribution in [1.29, 1.82) is 0 Å². The van der Waals surface area contributed by atoms with Crippen molar-refractivity contribution in [2.45, 2.75) is 6.42 Å². The zero-order valence-electron chi connectivity index (χ0n) is 14.2. The van der Waals surface area contributed by atoms with Crippen molar-refractivity contribution in [2.75, 3.05) is 18.9 Å². The van der Waals surface area contributed by atoms with Crippen LogP contribution in [0.15, 0.2) is 54.7 Å². The van der Waals surface area contributed by atoms with Crippen LogP contribution in [0.4, 0.5) is 11.4 Å². The van der Waals surface area contributed by atoms with Gasteiger partial charge in [0.1, 0.15) is 0 Å². The first kappa shape index (κ1) is 17.3. The van der Waals surface area contributed by atoms with Gasteiger partial charge in [0.15, 0.2) is 0 Å². The maximum atomic E-state index is 12.0. The highest BCUT2D eigenvalue weighted by molar-refractivity contribution is 6.00. The summed E-state index contributed by atoms with van der Waals surface area (Å²) < 4.78 is 0. The summed E-state index contributed by atoms with van der Waals surface area (Å²) in [5.41, 5.74) is 2.74. The predicted molar refractivity (Wildman–Crippen MR) is 100 cm³/mol. The molecule has 0 aliphatic heterocycles. The molecule has 2 aromatic carbocycles. The number of benzene rings is 2. The number of carbonyl (C=O) groups is 1. The normalized spacial score (nSPS) is 10.5. The molecule has 0 saturated carbocycles. The summed E-state index contributed by atoms with van der Waals surface area (Å²) in [5.74, 6) is -0.372. The molecule has 26 heavy (non-hydrogen) atoms. The minimum atomic E-state index is -0.516.